The van der Waals surface area contributed by atoms with Crippen LogP contribution < -0.4 is 5.73 Å². The van der Waals surface area contributed by atoms with Crippen LogP contribution in [0.3, 0.4) is 0 Å². The molecule has 1 aliphatic rings. The monoisotopic (exact) mass is 337 g/mol. The molecule has 1 aliphatic carbocycles. The molecule has 2 N–H and O–H groups in total. The zero-order valence-corrected chi connectivity index (χ0v) is 13.6. The minimum atomic E-state index is 0.0695. The maximum Gasteiger partial charge on any atom is 0.201 e. The van der Waals surface area contributed by atoms with E-state index in [0.717, 1.165) is 28.5 Å². The lowest BCUT2D eigenvalue weighted by Crippen LogP contribution is -2.51. The number of benzene rings is 1. The number of anilines is 1. The van der Waals surface area contributed by atoms with E-state index in [2.05, 4.69) is 45.4 Å². The molecule has 2 atom stereocenters. The number of halogens is 1. The molecule has 2 aromatic rings. The number of nitrogens with zero attached hydrogens (tertiary/aromatic N) is 2. The van der Waals surface area contributed by atoms with Gasteiger partial charge in [-0.05, 0) is 31.5 Å². The molecule has 108 valence electrons. The number of hydrogen-bond donors (Lipinski definition) is 1. The molecule has 2 unspecified atom stereocenters. The van der Waals surface area contributed by atoms with Gasteiger partial charge in [-0.1, -0.05) is 29.8 Å². The first-order valence-electron chi connectivity index (χ1n) is 6.99. The highest BCUT2D eigenvalue weighted by Gasteiger charge is 2.50. The van der Waals surface area contributed by atoms with E-state index in [4.69, 9.17) is 10.5 Å². The third-order valence-electron chi connectivity index (χ3n) is 4.48. The lowest BCUT2D eigenvalue weighted by molar-refractivity contribution is -0.126. The number of nitrogen functional groups attached to an aromatic ring is 1. The molecule has 20 heavy (non-hydrogen) atoms. The Balaban J connectivity index is 2.03. The molecule has 1 heterocycles. The van der Waals surface area contributed by atoms with Crippen molar-refractivity contribution >= 4 is 32.9 Å². The first-order chi connectivity index (χ1) is 9.45. The summed E-state index contributed by atoms with van der Waals surface area (Å²) in [7, 11) is 0. The smallest absolute Gasteiger partial charge is 0.201 e. The number of fused-ring (bicyclic) bond motifs is 1. The fourth-order valence-electron chi connectivity index (χ4n) is 3.20. The Morgan fingerprint density at radius 1 is 1.50 bits per heavy atom. The van der Waals surface area contributed by atoms with Gasteiger partial charge in [0, 0.05) is 22.5 Å². The van der Waals surface area contributed by atoms with Gasteiger partial charge in [-0.15, -0.1) is 0 Å². The Kier molecular flexibility index (Phi) is 3.29. The molecule has 0 saturated heterocycles. The van der Waals surface area contributed by atoms with Crippen LogP contribution in [0, 0.1) is 5.41 Å². The molecule has 4 nitrogen and oxygen atoms in total. The maximum atomic E-state index is 6.15. The van der Waals surface area contributed by atoms with Crippen LogP contribution in [-0.2, 0) is 4.74 Å². The number of nitrogens with two attached hydrogens (primary N) is 1. The van der Waals surface area contributed by atoms with Gasteiger partial charge in [0.05, 0.1) is 17.1 Å². The zero-order valence-electron chi connectivity index (χ0n) is 12.1. The van der Waals surface area contributed by atoms with E-state index in [0.29, 0.717) is 18.1 Å². The summed E-state index contributed by atoms with van der Waals surface area (Å²) in [5, 5.41) is 0. The minimum absolute atomic E-state index is 0.0695. The van der Waals surface area contributed by atoms with Crippen molar-refractivity contribution in [2.45, 2.75) is 39.3 Å². The molecule has 0 bridgehead atoms. The van der Waals surface area contributed by atoms with E-state index in [1.54, 1.807) is 0 Å². The maximum absolute atomic E-state index is 6.15. The number of rotatable bonds is 3. The molecule has 0 aliphatic heterocycles. The molecule has 0 radical (unpaired) electrons. The van der Waals surface area contributed by atoms with Gasteiger partial charge in [0.15, 0.2) is 0 Å². The first kappa shape index (κ1) is 13.9. The van der Waals surface area contributed by atoms with Gasteiger partial charge in [0.1, 0.15) is 0 Å². The summed E-state index contributed by atoms with van der Waals surface area (Å²) in [6.07, 6.45) is 1.28. The van der Waals surface area contributed by atoms with Gasteiger partial charge in [-0.2, -0.15) is 0 Å². The Morgan fingerprint density at radius 3 is 2.90 bits per heavy atom. The van der Waals surface area contributed by atoms with Gasteiger partial charge in [-0.3, -0.25) is 0 Å². The largest absolute Gasteiger partial charge is 0.378 e. The molecule has 0 amide bonds. The summed E-state index contributed by atoms with van der Waals surface area (Å²) < 4.78 is 9.02. The molecule has 3 rings (SSSR count). The summed E-state index contributed by atoms with van der Waals surface area (Å²) >= 11 is 3.52. The van der Waals surface area contributed by atoms with E-state index in [1.807, 2.05) is 19.1 Å². The Bertz CT molecular complexity index is 650. The summed E-state index contributed by atoms with van der Waals surface area (Å²) in [5.74, 6) is 0.589. The van der Waals surface area contributed by atoms with Crippen LogP contribution in [0.15, 0.2) is 22.7 Å². The second kappa shape index (κ2) is 4.74. The summed E-state index contributed by atoms with van der Waals surface area (Å²) in [6, 6.07) is 6.41. The van der Waals surface area contributed by atoms with Crippen LogP contribution in [0.25, 0.3) is 11.0 Å². The van der Waals surface area contributed by atoms with Gasteiger partial charge in [0.2, 0.25) is 5.95 Å². The third kappa shape index (κ3) is 1.95. The second-order valence-corrected chi connectivity index (χ2v) is 6.91. The molecular weight excluding hydrogens is 318 g/mol. The van der Waals surface area contributed by atoms with Crippen LogP contribution >= 0.6 is 15.9 Å². The zero-order chi connectivity index (χ0) is 14.5. The van der Waals surface area contributed by atoms with Gasteiger partial charge in [-0.25, -0.2) is 4.98 Å². The predicted molar refractivity (Wildman–Crippen MR) is 84.7 cm³/mol. The number of aromatic nitrogens is 2. The van der Waals surface area contributed by atoms with Gasteiger partial charge in [0.25, 0.3) is 0 Å². The van der Waals surface area contributed by atoms with Gasteiger partial charge < -0.3 is 15.0 Å². The van der Waals surface area contributed by atoms with Crippen LogP contribution in [-0.4, -0.2) is 22.3 Å². The van der Waals surface area contributed by atoms with Crippen LogP contribution in [0.4, 0.5) is 5.95 Å². The normalized spacial score (nSPS) is 24.8. The highest BCUT2D eigenvalue weighted by Crippen LogP contribution is 2.52. The fourth-order valence-corrected chi connectivity index (χ4v) is 3.55. The number of imidazole rings is 1. The number of ether oxygens (including phenoxy) is 1. The van der Waals surface area contributed by atoms with E-state index in [1.165, 1.54) is 0 Å². The van der Waals surface area contributed by atoms with Crippen LogP contribution in [0.2, 0.25) is 0 Å². The molecule has 5 heteroatoms. The lowest BCUT2D eigenvalue weighted by Gasteiger charge is -2.52. The van der Waals surface area contributed by atoms with Crippen LogP contribution in [0.1, 0.15) is 33.2 Å². The summed E-state index contributed by atoms with van der Waals surface area (Å²) in [5.41, 5.74) is 8.25. The summed E-state index contributed by atoms with van der Waals surface area (Å²) in [4.78, 5) is 4.47. The minimum Gasteiger partial charge on any atom is -0.378 e. The Morgan fingerprint density at radius 2 is 2.25 bits per heavy atom. The predicted octanol–water partition coefficient (Wildman–Crippen LogP) is 3.76. The van der Waals surface area contributed by atoms with Crippen molar-refractivity contribution in [3.63, 3.8) is 0 Å². The fraction of sp³-hybridized carbons (Fsp3) is 0.533. The van der Waals surface area contributed by atoms with E-state index >= 15 is 0 Å². The summed E-state index contributed by atoms with van der Waals surface area (Å²) in [6.45, 7) is 7.28. The van der Waals surface area contributed by atoms with E-state index in [-0.39, 0.29) is 5.41 Å². The quantitative estimate of drug-likeness (QED) is 0.927. The molecule has 1 fully saturated rings. The van der Waals surface area contributed by atoms with Crippen molar-refractivity contribution in [3.05, 3.63) is 22.7 Å². The van der Waals surface area contributed by atoms with Crippen molar-refractivity contribution < 1.29 is 4.74 Å². The molecule has 0 spiro atoms. The van der Waals surface area contributed by atoms with Crippen LogP contribution in [0.5, 0.6) is 0 Å². The standard InChI is InChI=1S/C15H20BrN3O/c1-4-20-13-8-12(15(13,2)3)19-11-7-9(16)5-6-10(11)18-14(19)17/h5-7,12-13H,4,8H2,1-3H3,(H2,17,18). The average molecular weight is 338 g/mol. The highest BCUT2D eigenvalue weighted by atomic mass is 79.9. The van der Waals surface area contributed by atoms with Crippen molar-refractivity contribution in [1.82, 2.24) is 9.55 Å². The second-order valence-electron chi connectivity index (χ2n) is 5.99. The SMILES string of the molecule is CCOC1CC(n2c(N)nc3ccc(Br)cc32)C1(C)C. The van der Waals surface area contributed by atoms with Crippen molar-refractivity contribution in [2.75, 3.05) is 12.3 Å². The third-order valence-corrected chi connectivity index (χ3v) is 4.98. The lowest BCUT2D eigenvalue weighted by atomic mass is 9.64. The molecule has 1 aromatic carbocycles. The van der Waals surface area contributed by atoms with Crippen molar-refractivity contribution in [1.29, 1.82) is 0 Å². The Labute approximate surface area is 127 Å². The number of hydrogen-bond acceptors (Lipinski definition) is 3. The molecule has 1 saturated carbocycles. The van der Waals surface area contributed by atoms with Crippen molar-refractivity contribution in [3.8, 4) is 0 Å². The molecular formula is C15H20BrN3O. The Hall–Kier alpha value is -1.07. The van der Waals surface area contributed by atoms with Gasteiger partial charge >= 0.3 is 0 Å². The van der Waals surface area contributed by atoms with Crippen molar-refractivity contribution in [2.24, 2.45) is 5.41 Å². The molecule has 1 aromatic heterocycles. The highest BCUT2D eigenvalue weighted by molar-refractivity contribution is 9.10. The average Bonchev–Trinajstić information content (AvgIpc) is 2.70. The topological polar surface area (TPSA) is 53.1 Å². The van der Waals surface area contributed by atoms with E-state index < -0.39 is 0 Å². The first-order valence-corrected chi connectivity index (χ1v) is 7.79. The van der Waals surface area contributed by atoms with E-state index in [9.17, 15) is 0 Å².